The molecule has 19 heavy (non-hydrogen) atoms. The molecule has 0 spiro atoms. The van der Waals surface area contributed by atoms with Gasteiger partial charge in [-0.2, -0.15) is 0 Å². The summed E-state index contributed by atoms with van der Waals surface area (Å²) in [7, 11) is 3.90. The van der Waals surface area contributed by atoms with Crippen molar-refractivity contribution >= 4 is 0 Å². The first-order valence-corrected chi connectivity index (χ1v) is 7.03. The maximum Gasteiger partial charge on any atom is 0.0935 e. The highest BCUT2D eigenvalue weighted by atomic mass is 16.5. The van der Waals surface area contributed by atoms with E-state index in [4.69, 9.17) is 9.47 Å². The Hall–Kier alpha value is -0.900. The fourth-order valence-electron chi connectivity index (χ4n) is 2.81. The first-order valence-electron chi connectivity index (χ1n) is 7.03. The van der Waals surface area contributed by atoms with E-state index in [9.17, 15) is 0 Å². The Morgan fingerprint density at radius 2 is 2.11 bits per heavy atom. The Morgan fingerprint density at radius 1 is 1.37 bits per heavy atom. The second kappa shape index (κ2) is 6.51. The van der Waals surface area contributed by atoms with Gasteiger partial charge in [-0.15, -0.1) is 0 Å². The van der Waals surface area contributed by atoms with E-state index in [-0.39, 0.29) is 6.10 Å². The van der Waals surface area contributed by atoms with Gasteiger partial charge in [-0.3, -0.25) is 4.90 Å². The molecule has 1 fully saturated rings. The molecule has 0 saturated carbocycles. The molecule has 1 aromatic carbocycles. The number of likely N-dealkylation sites (N-methyl/N-ethyl adjacent to an activating group) is 1. The topological polar surface area (TPSA) is 21.7 Å². The van der Waals surface area contributed by atoms with Gasteiger partial charge in [0.1, 0.15) is 0 Å². The van der Waals surface area contributed by atoms with Crippen LogP contribution in [0.3, 0.4) is 0 Å². The molecule has 1 heterocycles. The molecule has 0 radical (unpaired) electrons. The van der Waals surface area contributed by atoms with Gasteiger partial charge in [0.25, 0.3) is 0 Å². The van der Waals surface area contributed by atoms with Crippen LogP contribution in [-0.4, -0.2) is 44.9 Å². The summed E-state index contributed by atoms with van der Waals surface area (Å²) in [5.41, 5.74) is 2.82. The van der Waals surface area contributed by atoms with Crippen molar-refractivity contribution < 1.29 is 9.47 Å². The van der Waals surface area contributed by atoms with E-state index in [0.29, 0.717) is 18.6 Å². The summed E-state index contributed by atoms with van der Waals surface area (Å²) in [5.74, 6) is 0.543. The molecule has 0 aliphatic carbocycles. The minimum atomic E-state index is 0.192. The zero-order chi connectivity index (χ0) is 13.8. The highest BCUT2D eigenvalue weighted by Crippen LogP contribution is 2.30. The number of hydrogen-bond acceptors (Lipinski definition) is 3. The zero-order valence-electron chi connectivity index (χ0n) is 12.4. The Balaban J connectivity index is 2.15. The summed E-state index contributed by atoms with van der Waals surface area (Å²) in [6.07, 6.45) is 0.192. The molecule has 1 aliphatic heterocycles. The number of methoxy groups -OCH3 is 1. The Bertz CT molecular complexity index is 405. The molecule has 0 aromatic heterocycles. The molecule has 2 atom stereocenters. The molecule has 3 heteroatoms. The summed E-state index contributed by atoms with van der Waals surface area (Å²) < 4.78 is 11.1. The zero-order valence-corrected chi connectivity index (χ0v) is 12.4. The lowest BCUT2D eigenvalue weighted by molar-refractivity contribution is -0.0819. The third kappa shape index (κ3) is 3.35. The van der Waals surface area contributed by atoms with Crippen molar-refractivity contribution in [3.8, 4) is 0 Å². The van der Waals surface area contributed by atoms with E-state index in [1.54, 1.807) is 7.11 Å². The molecule has 2 unspecified atom stereocenters. The number of nitrogens with zero attached hydrogens (tertiary/aromatic N) is 1. The van der Waals surface area contributed by atoms with Crippen molar-refractivity contribution in [2.75, 3.05) is 33.9 Å². The maximum absolute atomic E-state index is 5.92. The second-order valence-electron chi connectivity index (χ2n) is 5.65. The van der Waals surface area contributed by atoms with E-state index in [0.717, 1.165) is 13.2 Å². The molecule has 1 aliphatic rings. The predicted molar refractivity (Wildman–Crippen MR) is 77.5 cm³/mol. The summed E-state index contributed by atoms with van der Waals surface area (Å²) in [5, 5.41) is 0. The fourth-order valence-corrected chi connectivity index (χ4v) is 2.81. The predicted octanol–water partition coefficient (Wildman–Crippen LogP) is 2.83. The third-order valence-corrected chi connectivity index (χ3v) is 3.84. The standard InChI is InChI=1S/C16H25NO2/c1-12(2)14-7-5-6-8-15(14)16-11-19-13(10-18-4)9-17(16)3/h5-8,12-13,16H,9-11H2,1-4H3. The number of morpholine rings is 1. The largest absolute Gasteiger partial charge is 0.382 e. The highest BCUT2D eigenvalue weighted by molar-refractivity contribution is 5.32. The van der Waals surface area contributed by atoms with Gasteiger partial charge in [0.15, 0.2) is 0 Å². The van der Waals surface area contributed by atoms with E-state index in [2.05, 4.69) is 50.1 Å². The summed E-state index contributed by atoms with van der Waals surface area (Å²) >= 11 is 0. The lowest BCUT2D eigenvalue weighted by Crippen LogP contribution is -2.44. The Morgan fingerprint density at radius 3 is 2.74 bits per heavy atom. The average molecular weight is 263 g/mol. The van der Waals surface area contributed by atoms with Crippen LogP contribution in [0.25, 0.3) is 0 Å². The Labute approximate surface area is 116 Å². The summed E-state index contributed by atoms with van der Waals surface area (Å²) in [4.78, 5) is 2.38. The summed E-state index contributed by atoms with van der Waals surface area (Å²) in [6.45, 7) is 6.83. The van der Waals surface area contributed by atoms with Gasteiger partial charge in [-0.1, -0.05) is 38.1 Å². The van der Waals surface area contributed by atoms with Crippen LogP contribution in [0.2, 0.25) is 0 Å². The van der Waals surface area contributed by atoms with Crippen LogP contribution in [0.15, 0.2) is 24.3 Å². The maximum atomic E-state index is 5.92. The smallest absolute Gasteiger partial charge is 0.0935 e. The molecule has 1 saturated heterocycles. The van der Waals surface area contributed by atoms with Crippen molar-refractivity contribution in [1.82, 2.24) is 4.90 Å². The molecular weight excluding hydrogens is 238 g/mol. The van der Waals surface area contributed by atoms with E-state index >= 15 is 0 Å². The average Bonchev–Trinajstić information content (AvgIpc) is 2.39. The summed E-state index contributed by atoms with van der Waals surface area (Å²) in [6, 6.07) is 9.06. The minimum absolute atomic E-state index is 0.192. The molecule has 0 N–H and O–H groups in total. The van der Waals surface area contributed by atoms with Crippen molar-refractivity contribution in [3.05, 3.63) is 35.4 Å². The van der Waals surface area contributed by atoms with Gasteiger partial charge < -0.3 is 9.47 Å². The molecule has 2 rings (SSSR count). The van der Waals surface area contributed by atoms with Gasteiger partial charge in [0, 0.05) is 13.7 Å². The number of rotatable bonds is 4. The lowest BCUT2D eigenvalue weighted by Gasteiger charge is -2.38. The molecule has 0 amide bonds. The van der Waals surface area contributed by atoms with Crippen LogP contribution in [0.5, 0.6) is 0 Å². The van der Waals surface area contributed by atoms with Crippen LogP contribution < -0.4 is 0 Å². The Kier molecular flexibility index (Phi) is 4.97. The number of benzene rings is 1. The number of hydrogen-bond donors (Lipinski definition) is 0. The fraction of sp³-hybridized carbons (Fsp3) is 0.625. The van der Waals surface area contributed by atoms with Crippen molar-refractivity contribution in [3.63, 3.8) is 0 Å². The monoisotopic (exact) mass is 263 g/mol. The van der Waals surface area contributed by atoms with E-state index in [1.165, 1.54) is 11.1 Å². The van der Waals surface area contributed by atoms with Crippen LogP contribution in [0.4, 0.5) is 0 Å². The van der Waals surface area contributed by atoms with Crippen molar-refractivity contribution in [1.29, 1.82) is 0 Å². The van der Waals surface area contributed by atoms with Crippen molar-refractivity contribution in [2.45, 2.75) is 31.9 Å². The van der Waals surface area contributed by atoms with Crippen LogP contribution in [0.1, 0.15) is 36.9 Å². The first-order chi connectivity index (χ1) is 9.13. The normalized spacial score (nSPS) is 24.9. The first kappa shape index (κ1) is 14.5. The molecule has 0 bridgehead atoms. The van der Waals surface area contributed by atoms with E-state index < -0.39 is 0 Å². The van der Waals surface area contributed by atoms with Crippen LogP contribution in [-0.2, 0) is 9.47 Å². The van der Waals surface area contributed by atoms with Gasteiger partial charge >= 0.3 is 0 Å². The molecule has 1 aromatic rings. The van der Waals surface area contributed by atoms with E-state index in [1.807, 2.05) is 0 Å². The SMILES string of the molecule is COCC1CN(C)C(c2ccccc2C(C)C)CO1. The van der Waals surface area contributed by atoms with Crippen LogP contribution in [0, 0.1) is 0 Å². The quantitative estimate of drug-likeness (QED) is 0.834. The molecular formula is C16H25NO2. The van der Waals surface area contributed by atoms with Gasteiger partial charge in [-0.25, -0.2) is 0 Å². The second-order valence-corrected chi connectivity index (χ2v) is 5.65. The molecule has 106 valence electrons. The van der Waals surface area contributed by atoms with Crippen molar-refractivity contribution in [2.24, 2.45) is 0 Å². The lowest BCUT2D eigenvalue weighted by atomic mass is 9.92. The van der Waals surface area contributed by atoms with Gasteiger partial charge in [0.05, 0.1) is 25.4 Å². The molecule has 3 nitrogen and oxygen atoms in total. The minimum Gasteiger partial charge on any atom is -0.382 e. The highest BCUT2D eigenvalue weighted by Gasteiger charge is 2.28. The third-order valence-electron chi connectivity index (χ3n) is 3.84. The van der Waals surface area contributed by atoms with Crippen LogP contribution >= 0.6 is 0 Å². The number of ether oxygens (including phenoxy) is 2. The van der Waals surface area contributed by atoms with Gasteiger partial charge in [-0.05, 0) is 24.1 Å². The van der Waals surface area contributed by atoms with Gasteiger partial charge in [0.2, 0.25) is 0 Å².